The first-order valence-corrected chi connectivity index (χ1v) is 5.89. The third kappa shape index (κ3) is 3.31. The number of hydrogen-bond donors (Lipinski definition) is 0. The van der Waals surface area contributed by atoms with Gasteiger partial charge >= 0.3 is 0 Å². The van der Waals surface area contributed by atoms with Gasteiger partial charge in [-0.25, -0.2) is 0 Å². The maximum atomic E-state index is 8.75. The van der Waals surface area contributed by atoms with Crippen LogP contribution in [0.15, 0.2) is 0 Å². The summed E-state index contributed by atoms with van der Waals surface area (Å²) in [6.45, 7) is 6.24. The Morgan fingerprint density at radius 1 is 1.29 bits per heavy atom. The molecular weight excluding hydrogens is 172 g/mol. The van der Waals surface area contributed by atoms with E-state index < -0.39 is 0 Å². The molecule has 1 aliphatic rings. The molecule has 1 rings (SSSR count). The van der Waals surface area contributed by atoms with Crippen LogP contribution < -0.4 is 0 Å². The second-order valence-corrected chi connectivity index (χ2v) is 4.54. The first-order chi connectivity index (χ1) is 6.77. The van der Waals surface area contributed by atoms with Crippen molar-refractivity contribution in [3.05, 3.63) is 0 Å². The molecule has 0 aromatic heterocycles. The lowest BCUT2D eigenvalue weighted by Gasteiger charge is -2.34. The van der Waals surface area contributed by atoms with Crippen LogP contribution >= 0.6 is 0 Å². The summed E-state index contributed by atoms with van der Waals surface area (Å²) in [5.41, 5.74) is 0. The Labute approximate surface area is 87.9 Å². The highest BCUT2D eigenvalue weighted by atomic mass is 15.1. The molecule has 2 heteroatoms. The molecule has 0 radical (unpaired) electrons. The van der Waals surface area contributed by atoms with Gasteiger partial charge < -0.3 is 0 Å². The molecule has 1 fully saturated rings. The van der Waals surface area contributed by atoms with Crippen LogP contribution in [0.5, 0.6) is 0 Å². The van der Waals surface area contributed by atoms with Crippen molar-refractivity contribution in [1.82, 2.24) is 4.90 Å². The van der Waals surface area contributed by atoms with Crippen molar-refractivity contribution in [2.45, 2.75) is 52.0 Å². The Bertz CT molecular complexity index is 187. The zero-order valence-electron chi connectivity index (χ0n) is 9.50. The van der Waals surface area contributed by atoms with Gasteiger partial charge in [-0.05, 0) is 44.6 Å². The van der Waals surface area contributed by atoms with Gasteiger partial charge in [-0.15, -0.1) is 0 Å². The molecule has 0 aromatic rings. The van der Waals surface area contributed by atoms with Crippen molar-refractivity contribution in [2.75, 3.05) is 13.1 Å². The number of nitriles is 1. The SMILES string of the molecule is CCCN(CC#N)C1CCC(C)CC1. The summed E-state index contributed by atoms with van der Waals surface area (Å²) in [6, 6.07) is 2.97. The Morgan fingerprint density at radius 3 is 2.43 bits per heavy atom. The molecule has 1 aliphatic carbocycles. The second-order valence-electron chi connectivity index (χ2n) is 4.54. The fraction of sp³-hybridized carbons (Fsp3) is 0.917. The Morgan fingerprint density at radius 2 is 1.93 bits per heavy atom. The molecule has 0 aliphatic heterocycles. The first kappa shape index (κ1) is 11.5. The van der Waals surface area contributed by atoms with Crippen LogP contribution in [0.3, 0.4) is 0 Å². The lowest BCUT2D eigenvalue weighted by Crippen LogP contribution is -2.38. The standard InChI is InChI=1S/C12H22N2/c1-3-9-14(10-8-13)12-6-4-11(2)5-7-12/h11-12H,3-7,9-10H2,1-2H3. The van der Waals surface area contributed by atoms with E-state index in [1.165, 1.54) is 25.7 Å². The van der Waals surface area contributed by atoms with E-state index in [9.17, 15) is 0 Å². The zero-order valence-corrected chi connectivity index (χ0v) is 9.50. The fourth-order valence-corrected chi connectivity index (χ4v) is 2.38. The van der Waals surface area contributed by atoms with Gasteiger partial charge in [0, 0.05) is 6.04 Å². The molecule has 0 aromatic carbocycles. The normalized spacial score (nSPS) is 27.6. The third-order valence-electron chi connectivity index (χ3n) is 3.29. The van der Waals surface area contributed by atoms with Gasteiger partial charge in [0.15, 0.2) is 0 Å². The molecule has 2 nitrogen and oxygen atoms in total. The molecule has 14 heavy (non-hydrogen) atoms. The lowest BCUT2D eigenvalue weighted by atomic mass is 9.86. The van der Waals surface area contributed by atoms with E-state index in [1.807, 2.05) is 0 Å². The average Bonchev–Trinajstić information content (AvgIpc) is 2.19. The summed E-state index contributed by atoms with van der Waals surface area (Å²) in [4.78, 5) is 2.37. The summed E-state index contributed by atoms with van der Waals surface area (Å²) < 4.78 is 0. The van der Waals surface area contributed by atoms with E-state index in [1.54, 1.807) is 0 Å². The van der Waals surface area contributed by atoms with Gasteiger partial charge in [0.05, 0.1) is 12.6 Å². The van der Waals surface area contributed by atoms with Gasteiger partial charge in [-0.3, -0.25) is 4.90 Å². The summed E-state index contributed by atoms with van der Waals surface area (Å²) >= 11 is 0. The molecule has 80 valence electrons. The van der Waals surface area contributed by atoms with E-state index >= 15 is 0 Å². The van der Waals surface area contributed by atoms with Gasteiger partial charge in [0.25, 0.3) is 0 Å². The highest BCUT2D eigenvalue weighted by Gasteiger charge is 2.22. The smallest absolute Gasteiger partial charge is 0.0868 e. The highest BCUT2D eigenvalue weighted by Crippen LogP contribution is 2.26. The van der Waals surface area contributed by atoms with Gasteiger partial charge in [0.1, 0.15) is 0 Å². The molecule has 0 saturated heterocycles. The van der Waals surface area contributed by atoms with Crippen LogP contribution in [0.2, 0.25) is 0 Å². The molecule has 0 heterocycles. The van der Waals surface area contributed by atoms with Crippen molar-refractivity contribution < 1.29 is 0 Å². The summed E-state index contributed by atoms with van der Waals surface area (Å²) in [5, 5.41) is 8.75. The van der Waals surface area contributed by atoms with Crippen LogP contribution in [0.1, 0.15) is 46.0 Å². The van der Waals surface area contributed by atoms with Crippen LogP contribution in [-0.2, 0) is 0 Å². The van der Waals surface area contributed by atoms with Crippen LogP contribution in [0.4, 0.5) is 0 Å². The van der Waals surface area contributed by atoms with Crippen LogP contribution in [0, 0.1) is 17.2 Å². The predicted molar refractivity (Wildman–Crippen MR) is 58.9 cm³/mol. The number of nitrogens with zero attached hydrogens (tertiary/aromatic N) is 2. The van der Waals surface area contributed by atoms with E-state index in [0.717, 1.165) is 18.9 Å². The van der Waals surface area contributed by atoms with E-state index in [4.69, 9.17) is 5.26 Å². The van der Waals surface area contributed by atoms with Crippen LogP contribution in [0.25, 0.3) is 0 Å². The topological polar surface area (TPSA) is 27.0 Å². The minimum absolute atomic E-state index is 0.618. The molecule has 0 N–H and O–H groups in total. The van der Waals surface area contributed by atoms with Gasteiger partial charge in [0.2, 0.25) is 0 Å². The maximum Gasteiger partial charge on any atom is 0.0868 e. The van der Waals surface area contributed by atoms with Gasteiger partial charge in [-0.2, -0.15) is 5.26 Å². The van der Waals surface area contributed by atoms with Crippen molar-refractivity contribution in [1.29, 1.82) is 5.26 Å². The van der Waals surface area contributed by atoms with E-state index in [-0.39, 0.29) is 0 Å². The average molecular weight is 194 g/mol. The van der Waals surface area contributed by atoms with Crippen molar-refractivity contribution >= 4 is 0 Å². The van der Waals surface area contributed by atoms with E-state index in [0.29, 0.717) is 12.6 Å². The summed E-state index contributed by atoms with van der Waals surface area (Å²) in [6.07, 6.45) is 6.44. The fourth-order valence-electron chi connectivity index (χ4n) is 2.38. The Kier molecular flexibility index (Phi) is 4.97. The number of hydrogen-bond acceptors (Lipinski definition) is 2. The molecule has 0 spiro atoms. The Hall–Kier alpha value is -0.550. The molecule has 0 amide bonds. The Balaban J connectivity index is 2.39. The minimum atomic E-state index is 0.618. The highest BCUT2D eigenvalue weighted by molar-refractivity contribution is 4.84. The van der Waals surface area contributed by atoms with Crippen molar-refractivity contribution in [3.63, 3.8) is 0 Å². The van der Waals surface area contributed by atoms with Crippen molar-refractivity contribution in [2.24, 2.45) is 5.92 Å². The third-order valence-corrected chi connectivity index (χ3v) is 3.29. The summed E-state index contributed by atoms with van der Waals surface area (Å²) in [5.74, 6) is 0.900. The molecule has 0 unspecified atom stereocenters. The summed E-state index contributed by atoms with van der Waals surface area (Å²) in [7, 11) is 0. The molecule has 0 bridgehead atoms. The molecule has 1 saturated carbocycles. The monoisotopic (exact) mass is 194 g/mol. The lowest BCUT2D eigenvalue weighted by molar-refractivity contribution is 0.155. The van der Waals surface area contributed by atoms with Crippen molar-refractivity contribution in [3.8, 4) is 6.07 Å². The van der Waals surface area contributed by atoms with Gasteiger partial charge in [-0.1, -0.05) is 13.8 Å². The van der Waals surface area contributed by atoms with E-state index in [2.05, 4.69) is 24.8 Å². The predicted octanol–water partition coefficient (Wildman–Crippen LogP) is 2.80. The second kappa shape index (κ2) is 6.03. The quantitative estimate of drug-likeness (QED) is 0.643. The maximum absolute atomic E-state index is 8.75. The number of rotatable bonds is 4. The zero-order chi connectivity index (χ0) is 10.4. The van der Waals surface area contributed by atoms with Crippen LogP contribution in [-0.4, -0.2) is 24.0 Å². The molecular formula is C12H22N2. The minimum Gasteiger partial charge on any atom is -0.288 e. The largest absolute Gasteiger partial charge is 0.288 e. The first-order valence-electron chi connectivity index (χ1n) is 5.89. The molecule has 0 atom stereocenters.